The SMILES string of the molecule is NC(=O)N/N=C1/CCC/C(=N\NC(N)=O)C1. The van der Waals surface area contributed by atoms with Gasteiger partial charge in [0.05, 0.1) is 0 Å². The summed E-state index contributed by atoms with van der Waals surface area (Å²) in [5, 5.41) is 7.65. The van der Waals surface area contributed by atoms with Crippen LogP contribution < -0.4 is 22.3 Å². The van der Waals surface area contributed by atoms with E-state index in [1.54, 1.807) is 0 Å². The summed E-state index contributed by atoms with van der Waals surface area (Å²) < 4.78 is 0. The fourth-order valence-corrected chi connectivity index (χ4v) is 1.37. The Kier molecular flexibility index (Phi) is 4.25. The van der Waals surface area contributed by atoms with E-state index in [0.29, 0.717) is 6.42 Å². The van der Waals surface area contributed by atoms with Crippen LogP contribution in [0.4, 0.5) is 9.59 Å². The van der Waals surface area contributed by atoms with Crippen molar-refractivity contribution in [2.45, 2.75) is 25.7 Å². The Balaban J connectivity index is 2.52. The van der Waals surface area contributed by atoms with Gasteiger partial charge in [-0.3, -0.25) is 0 Å². The van der Waals surface area contributed by atoms with Gasteiger partial charge in [0.2, 0.25) is 0 Å². The van der Waals surface area contributed by atoms with Crippen molar-refractivity contribution in [2.75, 3.05) is 0 Å². The van der Waals surface area contributed by atoms with E-state index in [1.165, 1.54) is 0 Å². The molecule has 0 aliphatic heterocycles. The lowest BCUT2D eigenvalue weighted by atomic mass is 9.97. The van der Waals surface area contributed by atoms with E-state index in [-0.39, 0.29) is 0 Å². The molecule has 8 heteroatoms. The lowest BCUT2D eigenvalue weighted by molar-refractivity contribution is 0.248. The monoisotopic (exact) mass is 226 g/mol. The second-order valence-corrected chi connectivity index (χ2v) is 3.34. The van der Waals surface area contributed by atoms with Gasteiger partial charge >= 0.3 is 12.1 Å². The van der Waals surface area contributed by atoms with E-state index in [2.05, 4.69) is 21.1 Å². The Morgan fingerprint density at radius 2 is 1.44 bits per heavy atom. The van der Waals surface area contributed by atoms with Crippen LogP contribution in [0.1, 0.15) is 25.7 Å². The Bertz CT molecular complexity index is 316. The number of hydrogen-bond acceptors (Lipinski definition) is 4. The number of urea groups is 2. The van der Waals surface area contributed by atoms with Crippen LogP contribution in [-0.4, -0.2) is 23.5 Å². The molecule has 0 atom stereocenters. The van der Waals surface area contributed by atoms with Gasteiger partial charge in [-0.1, -0.05) is 0 Å². The minimum atomic E-state index is -0.702. The van der Waals surface area contributed by atoms with Crippen molar-refractivity contribution in [2.24, 2.45) is 21.7 Å². The minimum Gasteiger partial charge on any atom is -0.350 e. The van der Waals surface area contributed by atoms with E-state index >= 15 is 0 Å². The molecule has 1 fully saturated rings. The smallest absolute Gasteiger partial charge is 0.332 e. The predicted molar refractivity (Wildman–Crippen MR) is 58.8 cm³/mol. The molecule has 0 aromatic carbocycles. The third-order valence-electron chi connectivity index (χ3n) is 1.99. The molecule has 0 saturated heterocycles. The number of rotatable bonds is 2. The lowest BCUT2D eigenvalue weighted by Gasteiger charge is -2.14. The molecule has 0 aromatic heterocycles. The molecule has 1 saturated carbocycles. The average Bonchev–Trinajstić information content (AvgIpc) is 2.24. The van der Waals surface area contributed by atoms with Crippen molar-refractivity contribution in [3.05, 3.63) is 0 Å². The molecular formula is C8H14N6O2. The lowest BCUT2D eigenvalue weighted by Crippen LogP contribution is -2.29. The first kappa shape index (κ1) is 12.0. The van der Waals surface area contributed by atoms with Crippen LogP contribution in [-0.2, 0) is 0 Å². The van der Waals surface area contributed by atoms with Crippen LogP contribution in [0.15, 0.2) is 10.2 Å². The first-order chi connectivity index (χ1) is 7.58. The fraction of sp³-hybridized carbons (Fsp3) is 0.500. The summed E-state index contributed by atoms with van der Waals surface area (Å²) in [7, 11) is 0. The highest BCUT2D eigenvalue weighted by Gasteiger charge is 2.13. The van der Waals surface area contributed by atoms with Crippen LogP contribution in [0, 0.1) is 0 Å². The summed E-state index contributed by atoms with van der Waals surface area (Å²) in [5.41, 5.74) is 15.6. The van der Waals surface area contributed by atoms with Gasteiger partial charge < -0.3 is 11.5 Å². The van der Waals surface area contributed by atoms with Gasteiger partial charge in [-0.2, -0.15) is 10.2 Å². The highest BCUT2D eigenvalue weighted by Crippen LogP contribution is 2.12. The average molecular weight is 226 g/mol. The molecule has 0 aromatic rings. The van der Waals surface area contributed by atoms with Crippen molar-refractivity contribution < 1.29 is 9.59 Å². The predicted octanol–water partition coefficient (Wildman–Crippen LogP) is -0.391. The third kappa shape index (κ3) is 4.40. The van der Waals surface area contributed by atoms with E-state index in [0.717, 1.165) is 30.7 Å². The molecule has 0 radical (unpaired) electrons. The van der Waals surface area contributed by atoms with E-state index in [9.17, 15) is 9.59 Å². The third-order valence-corrected chi connectivity index (χ3v) is 1.99. The Labute approximate surface area is 92.1 Å². The molecular weight excluding hydrogens is 212 g/mol. The van der Waals surface area contributed by atoms with Gasteiger partial charge in [-0.25, -0.2) is 20.4 Å². The first-order valence-corrected chi connectivity index (χ1v) is 4.79. The molecule has 16 heavy (non-hydrogen) atoms. The highest BCUT2D eigenvalue weighted by atomic mass is 16.2. The van der Waals surface area contributed by atoms with E-state index < -0.39 is 12.1 Å². The molecule has 4 amide bonds. The maximum Gasteiger partial charge on any atom is 0.332 e. The van der Waals surface area contributed by atoms with Gasteiger partial charge in [0.1, 0.15) is 0 Å². The van der Waals surface area contributed by atoms with Crippen LogP contribution in [0.5, 0.6) is 0 Å². The number of nitrogens with one attached hydrogen (secondary N) is 2. The van der Waals surface area contributed by atoms with Gasteiger partial charge in [-0.05, 0) is 19.3 Å². The molecule has 1 aliphatic carbocycles. The number of carbonyl (C=O) groups excluding carboxylic acids is 2. The molecule has 8 nitrogen and oxygen atoms in total. The second-order valence-electron chi connectivity index (χ2n) is 3.34. The number of carbonyl (C=O) groups is 2. The zero-order chi connectivity index (χ0) is 12.0. The molecule has 0 spiro atoms. The number of nitrogens with two attached hydrogens (primary N) is 2. The number of hydrazone groups is 2. The number of primary amides is 2. The van der Waals surface area contributed by atoms with Crippen LogP contribution in [0.2, 0.25) is 0 Å². The normalized spacial score (nSPS) is 20.8. The number of amides is 4. The second kappa shape index (κ2) is 5.69. The van der Waals surface area contributed by atoms with Crippen LogP contribution >= 0.6 is 0 Å². The van der Waals surface area contributed by atoms with Gasteiger partial charge in [0.15, 0.2) is 0 Å². The van der Waals surface area contributed by atoms with Crippen LogP contribution in [0.25, 0.3) is 0 Å². The van der Waals surface area contributed by atoms with Crippen molar-refractivity contribution in [1.29, 1.82) is 0 Å². The molecule has 0 heterocycles. The van der Waals surface area contributed by atoms with Crippen LogP contribution in [0.3, 0.4) is 0 Å². The molecule has 0 bridgehead atoms. The Morgan fingerprint density at radius 3 is 1.81 bits per heavy atom. The minimum absolute atomic E-state index is 0.501. The van der Waals surface area contributed by atoms with Gasteiger partial charge in [-0.15, -0.1) is 0 Å². The van der Waals surface area contributed by atoms with E-state index in [1.807, 2.05) is 0 Å². The quantitative estimate of drug-likeness (QED) is 0.477. The Morgan fingerprint density at radius 1 is 1.00 bits per heavy atom. The largest absolute Gasteiger partial charge is 0.350 e. The summed E-state index contributed by atoms with van der Waals surface area (Å²) in [5.74, 6) is 0. The van der Waals surface area contributed by atoms with E-state index in [4.69, 9.17) is 11.5 Å². The summed E-state index contributed by atoms with van der Waals surface area (Å²) >= 11 is 0. The van der Waals surface area contributed by atoms with Crippen molar-refractivity contribution in [1.82, 2.24) is 10.9 Å². The maximum atomic E-state index is 10.4. The summed E-state index contributed by atoms with van der Waals surface area (Å²) in [6.45, 7) is 0. The summed E-state index contributed by atoms with van der Waals surface area (Å²) in [6.07, 6.45) is 2.91. The topological polar surface area (TPSA) is 135 Å². The highest BCUT2D eigenvalue weighted by molar-refractivity contribution is 6.06. The number of hydrogen-bond donors (Lipinski definition) is 4. The summed E-state index contributed by atoms with van der Waals surface area (Å²) in [6, 6.07) is -1.40. The van der Waals surface area contributed by atoms with Gasteiger partial charge in [0, 0.05) is 17.8 Å². The molecule has 88 valence electrons. The van der Waals surface area contributed by atoms with Crippen molar-refractivity contribution in [3.8, 4) is 0 Å². The van der Waals surface area contributed by atoms with Gasteiger partial charge in [0.25, 0.3) is 0 Å². The molecule has 0 unspecified atom stereocenters. The maximum absolute atomic E-state index is 10.4. The molecule has 1 rings (SSSR count). The van der Waals surface area contributed by atoms with Crippen molar-refractivity contribution in [3.63, 3.8) is 0 Å². The number of nitrogens with zero attached hydrogens (tertiary/aromatic N) is 2. The fourth-order valence-electron chi connectivity index (χ4n) is 1.37. The Hall–Kier alpha value is -2.12. The van der Waals surface area contributed by atoms with Crippen molar-refractivity contribution >= 4 is 23.5 Å². The zero-order valence-corrected chi connectivity index (χ0v) is 8.69. The molecule has 6 N–H and O–H groups in total. The standard InChI is InChI=1S/C8H14N6O2/c9-7(15)13-11-5-2-1-3-6(4-5)12-14-8(10)16/h1-4H2,(H3,9,13,15)(H3,10,14,16)/b11-5-,12-6+. The summed E-state index contributed by atoms with van der Waals surface area (Å²) in [4.78, 5) is 20.9. The zero-order valence-electron chi connectivity index (χ0n) is 8.69. The first-order valence-electron chi connectivity index (χ1n) is 4.79. The molecule has 1 aliphatic rings.